The second-order valence-corrected chi connectivity index (χ2v) is 3.90. The first-order chi connectivity index (χ1) is 6.73. The Morgan fingerprint density at radius 2 is 2.36 bits per heavy atom. The highest BCUT2D eigenvalue weighted by Gasteiger charge is 2.56. The van der Waals surface area contributed by atoms with Gasteiger partial charge in [0.2, 0.25) is 0 Å². The molecule has 0 bridgehead atoms. The van der Waals surface area contributed by atoms with Gasteiger partial charge >= 0.3 is 0 Å². The monoisotopic (exact) mass is 193 g/mol. The van der Waals surface area contributed by atoms with E-state index in [4.69, 9.17) is 4.74 Å². The predicted molar refractivity (Wildman–Crippen MR) is 47.8 cm³/mol. The van der Waals surface area contributed by atoms with Crippen LogP contribution in [0.25, 0.3) is 0 Å². The lowest BCUT2D eigenvalue weighted by atomic mass is 9.91. The molecule has 1 fully saturated rings. The highest BCUT2D eigenvalue weighted by Crippen LogP contribution is 2.49. The Hall–Kier alpha value is -1.13. The van der Waals surface area contributed by atoms with E-state index in [2.05, 4.69) is 4.98 Å². The van der Waals surface area contributed by atoms with Crippen LogP contribution in [0.3, 0.4) is 0 Å². The smallest absolute Gasteiger partial charge is 0.156 e. The zero-order valence-electron chi connectivity index (χ0n) is 7.55. The van der Waals surface area contributed by atoms with E-state index in [1.165, 1.54) is 0 Å². The lowest BCUT2D eigenvalue weighted by molar-refractivity contribution is -0.0897. The topological polar surface area (TPSA) is 62.6 Å². The van der Waals surface area contributed by atoms with Crippen LogP contribution in [0, 0.1) is 0 Å². The molecule has 1 saturated carbocycles. The van der Waals surface area contributed by atoms with E-state index in [0.29, 0.717) is 24.2 Å². The van der Waals surface area contributed by atoms with Gasteiger partial charge in [0.1, 0.15) is 11.9 Å². The van der Waals surface area contributed by atoms with Crippen molar-refractivity contribution < 1.29 is 14.9 Å². The van der Waals surface area contributed by atoms with Crippen molar-refractivity contribution in [2.45, 2.75) is 30.7 Å². The maximum atomic E-state index is 10.3. The molecule has 0 saturated heterocycles. The molecule has 0 aromatic carbocycles. The molecule has 74 valence electrons. The van der Waals surface area contributed by atoms with Gasteiger partial charge in [0.25, 0.3) is 0 Å². The van der Waals surface area contributed by atoms with E-state index in [0.717, 1.165) is 0 Å². The van der Waals surface area contributed by atoms with Crippen LogP contribution in [0.15, 0.2) is 18.5 Å². The second kappa shape index (κ2) is 2.46. The summed E-state index contributed by atoms with van der Waals surface area (Å²) in [6.45, 7) is 0. The zero-order valence-corrected chi connectivity index (χ0v) is 7.55. The average molecular weight is 193 g/mol. The Labute approximate surface area is 81.2 Å². The van der Waals surface area contributed by atoms with Gasteiger partial charge in [-0.15, -0.1) is 0 Å². The van der Waals surface area contributed by atoms with Gasteiger partial charge in [-0.2, -0.15) is 0 Å². The molecular weight excluding hydrogens is 182 g/mol. The van der Waals surface area contributed by atoms with Crippen molar-refractivity contribution in [1.29, 1.82) is 0 Å². The fraction of sp³-hybridized carbons (Fsp3) is 0.500. The summed E-state index contributed by atoms with van der Waals surface area (Å²) in [7, 11) is 0. The van der Waals surface area contributed by atoms with E-state index >= 15 is 0 Å². The molecule has 4 heteroatoms. The molecule has 1 aromatic rings. The highest BCUT2D eigenvalue weighted by molar-refractivity contribution is 5.43. The Morgan fingerprint density at radius 3 is 3.21 bits per heavy atom. The minimum absolute atomic E-state index is 0.309. The Bertz CT molecular complexity index is 381. The van der Waals surface area contributed by atoms with Crippen molar-refractivity contribution in [2.75, 3.05) is 0 Å². The van der Waals surface area contributed by atoms with Crippen LogP contribution in [-0.2, 0) is 5.60 Å². The molecule has 2 aliphatic rings. The molecule has 3 atom stereocenters. The molecule has 1 aliphatic heterocycles. The van der Waals surface area contributed by atoms with Gasteiger partial charge in [0.05, 0.1) is 12.3 Å². The molecular formula is C10H11NO3. The first-order valence-corrected chi connectivity index (χ1v) is 4.74. The molecule has 3 rings (SSSR count). The maximum absolute atomic E-state index is 10.3. The number of hydrogen-bond acceptors (Lipinski definition) is 4. The van der Waals surface area contributed by atoms with Crippen molar-refractivity contribution in [3.8, 4) is 5.75 Å². The van der Waals surface area contributed by atoms with E-state index < -0.39 is 11.7 Å². The van der Waals surface area contributed by atoms with Gasteiger partial charge in [-0.25, -0.2) is 0 Å². The Kier molecular flexibility index (Phi) is 1.44. The maximum Gasteiger partial charge on any atom is 0.156 e. The first-order valence-electron chi connectivity index (χ1n) is 4.74. The van der Waals surface area contributed by atoms with E-state index in [1.54, 1.807) is 18.5 Å². The summed E-state index contributed by atoms with van der Waals surface area (Å²) in [5.74, 6) is 0.596. The number of aliphatic hydroxyl groups excluding tert-OH is 1. The van der Waals surface area contributed by atoms with Gasteiger partial charge in [0, 0.05) is 11.8 Å². The van der Waals surface area contributed by atoms with Crippen LogP contribution in [0.5, 0.6) is 5.75 Å². The van der Waals surface area contributed by atoms with Crippen molar-refractivity contribution in [3.63, 3.8) is 0 Å². The number of nitrogens with zero attached hydrogens (tertiary/aromatic N) is 1. The van der Waals surface area contributed by atoms with Crippen LogP contribution >= 0.6 is 0 Å². The summed E-state index contributed by atoms with van der Waals surface area (Å²) < 4.78 is 5.53. The molecule has 1 aliphatic carbocycles. The Balaban J connectivity index is 2.18. The fourth-order valence-electron chi connectivity index (χ4n) is 2.42. The van der Waals surface area contributed by atoms with Gasteiger partial charge in [-0.3, -0.25) is 4.98 Å². The number of hydrogen-bond donors (Lipinski definition) is 2. The summed E-state index contributed by atoms with van der Waals surface area (Å²) >= 11 is 0. The molecule has 2 N–H and O–H groups in total. The summed E-state index contributed by atoms with van der Waals surface area (Å²) in [5, 5.41) is 20.1. The fourth-order valence-corrected chi connectivity index (χ4v) is 2.42. The molecule has 3 unspecified atom stereocenters. The first kappa shape index (κ1) is 8.20. The third kappa shape index (κ3) is 0.779. The molecule has 1 aromatic heterocycles. The van der Waals surface area contributed by atoms with Crippen LogP contribution in [0.2, 0.25) is 0 Å². The number of fused-ring (bicyclic) bond motifs is 3. The lowest BCUT2D eigenvalue weighted by Crippen LogP contribution is -2.41. The quantitative estimate of drug-likeness (QED) is 0.617. The summed E-state index contributed by atoms with van der Waals surface area (Å²) in [5.41, 5.74) is -0.541. The highest BCUT2D eigenvalue weighted by atomic mass is 16.5. The normalized spacial score (nSPS) is 39.0. The lowest BCUT2D eigenvalue weighted by Gasteiger charge is -2.24. The largest absolute Gasteiger partial charge is 0.485 e. The molecule has 0 radical (unpaired) electrons. The van der Waals surface area contributed by atoms with Crippen molar-refractivity contribution in [1.82, 2.24) is 4.98 Å². The second-order valence-electron chi connectivity index (χ2n) is 3.90. The summed E-state index contributed by atoms with van der Waals surface area (Å²) in [4.78, 5) is 3.92. The number of aromatic nitrogens is 1. The third-order valence-electron chi connectivity index (χ3n) is 3.19. The molecule has 0 spiro atoms. The van der Waals surface area contributed by atoms with Gasteiger partial charge in [0.15, 0.2) is 5.60 Å². The number of pyridine rings is 1. The Morgan fingerprint density at radius 1 is 1.50 bits per heavy atom. The number of ether oxygens (including phenoxy) is 1. The third-order valence-corrected chi connectivity index (χ3v) is 3.19. The zero-order chi connectivity index (χ0) is 9.76. The van der Waals surface area contributed by atoms with Gasteiger partial charge in [-0.1, -0.05) is 0 Å². The van der Waals surface area contributed by atoms with E-state index in [-0.39, 0.29) is 6.10 Å². The summed E-state index contributed by atoms with van der Waals surface area (Å²) in [6, 6.07) is 1.71. The van der Waals surface area contributed by atoms with Gasteiger partial charge in [-0.05, 0) is 18.9 Å². The van der Waals surface area contributed by atoms with Crippen LogP contribution in [0.1, 0.15) is 18.4 Å². The molecule has 0 amide bonds. The van der Waals surface area contributed by atoms with Crippen molar-refractivity contribution in [3.05, 3.63) is 24.0 Å². The SMILES string of the molecule is OC1CCC2Oc3cnccc3C12O. The van der Waals surface area contributed by atoms with Crippen molar-refractivity contribution in [2.24, 2.45) is 0 Å². The minimum Gasteiger partial charge on any atom is -0.485 e. The summed E-state index contributed by atoms with van der Waals surface area (Å²) in [6.07, 6.45) is 3.43. The van der Waals surface area contributed by atoms with Crippen molar-refractivity contribution >= 4 is 0 Å². The standard InChI is InChI=1S/C10H11NO3/c12-8-1-2-9-10(8,13)6-3-4-11-5-7(6)14-9/h3-5,8-9,12-13H,1-2H2. The average Bonchev–Trinajstić information content (AvgIpc) is 2.63. The predicted octanol–water partition coefficient (Wildman–Crippen LogP) is 0.185. The minimum atomic E-state index is -1.21. The molecule has 2 heterocycles. The van der Waals surface area contributed by atoms with E-state index in [9.17, 15) is 10.2 Å². The van der Waals surface area contributed by atoms with E-state index in [1.807, 2.05) is 0 Å². The molecule has 4 nitrogen and oxygen atoms in total. The number of aliphatic hydroxyl groups is 2. The van der Waals surface area contributed by atoms with Crippen LogP contribution < -0.4 is 4.74 Å². The van der Waals surface area contributed by atoms with Crippen LogP contribution in [0.4, 0.5) is 0 Å². The number of rotatable bonds is 0. The van der Waals surface area contributed by atoms with Gasteiger partial charge < -0.3 is 14.9 Å². The molecule has 14 heavy (non-hydrogen) atoms. The van der Waals surface area contributed by atoms with Crippen LogP contribution in [-0.4, -0.2) is 27.4 Å².